The highest BCUT2D eigenvalue weighted by Gasteiger charge is 2.17. The van der Waals surface area contributed by atoms with Crippen molar-refractivity contribution >= 4 is 11.6 Å². The van der Waals surface area contributed by atoms with Gasteiger partial charge in [0.25, 0.3) is 11.8 Å². The smallest absolute Gasteiger partial charge is 0.275 e. The maximum Gasteiger partial charge on any atom is 0.275 e. The zero-order chi connectivity index (χ0) is 20.4. The minimum Gasteiger partial charge on any atom is -0.334 e. The van der Waals surface area contributed by atoms with Gasteiger partial charge < -0.3 is 9.84 Å². The van der Waals surface area contributed by atoms with E-state index in [9.17, 15) is 4.79 Å². The van der Waals surface area contributed by atoms with Gasteiger partial charge in [-0.05, 0) is 49.2 Å². The van der Waals surface area contributed by atoms with E-state index in [0.717, 1.165) is 11.3 Å². The van der Waals surface area contributed by atoms with E-state index >= 15 is 0 Å². The SMILES string of the molecule is CCc1noc(-c2cccnc2-n2cnc(C(=O)Nc3ccc(C)c(C)c3)c2)n1. The first-order valence-electron chi connectivity index (χ1n) is 9.26. The fraction of sp³-hybridized carbons (Fsp3) is 0.190. The molecule has 1 N–H and O–H groups in total. The van der Waals surface area contributed by atoms with Crippen molar-refractivity contribution in [1.29, 1.82) is 0 Å². The summed E-state index contributed by atoms with van der Waals surface area (Å²) < 4.78 is 7.01. The van der Waals surface area contributed by atoms with Crippen LogP contribution in [0, 0.1) is 13.8 Å². The van der Waals surface area contributed by atoms with E-state index in [1.807, 2.05) is 45.0 Å². The number of carbonyl (C=O) groups excluding carboxylic acids is 1. The molecule has 4 aromatic rings. The third kappa shape index (κ3) is 3.77. The van der Waals surface area contributed by atoms with Crippen LogP contribution in [-0.4, -0.2) is 30.6 Å². The maximum absolute atomic E-state index is 12.6. The van der Waals surface area contributed by atoms with E-state index in [-0.39, 0.29) is 11.6 Å². The second kappa shape index (κ2) is 7.67. The molecule has 0 saturated heterocycles. The van der Waals surface area contributed by atoms with Crippen LogP contribution in [0.5, 0.6) is 0 Å². The van der Waals surface area contributed by atoms with Crippen molar-refractivity contribution in [2.75, 3.05) is 5.32 Å². The Morgan fingerprint density at radius 2 is 2.03 bits per heavy atom. The summed E-state index contributed by atoms with van der Waals surface area (Å²) in [4.78, 5) is 25.6. The molecule has 1 amide bonds. The summed E-state index contributed by atoms with van der Waals surface area (Å²) >= 11 is 0. The number of aryl methyl sites for hydroxylation is 3. The average molecular weight is 388 g/mol. The van der Waals surface area contributed by atoms with E-state index in [1.54, 1.807) is 23.0 Å². The number of nitrogens with zero attached hydrogens (tertiary/aromatic N) is 5. The van der Waals surface area contributed by atoms with Gasteiger partial charge in [-0.25, -0.2) is 9.97 Å². The number of amides is 1. The van der Waals surface area contributed by atoms with Gasteiger partial charge in [0.05, 0.1) is 5.56 Å². The molecule has 8 heteroatoms. The Morgan fingerprint density at radius 1 is 1.17 bits per heavy atom. The van der Waals surface area contributed by atoms with E-state index in [4.69, 9.17) is 4.52 Å². The quantitative estimate of drug-likeness (QED) is 0.559. The second-order valence-electron chi connectivity index (χ2n) is 6.66. The average Bonchev–Trinajstić information content (AvgIpc) is 3.40. The lowest BCUT2D eigenvalue weighted by Crippen LogP contribution is -2.12. The number of hydrogen-bond acceptors (Lipinski definition) is 6. The number of benzene rings is 1. The van der Waals surface area contributed by atoms with Gasteiger partial charge in [0, 0.05) is 24.5 Å². The molecule has 29 heavy (non-hydrogen) atoms. The minimum atomic E-state index is -0.296. The molecule has 0 fully saturated rings. The Morgan fingerprint density at radius 3 is 2.79 bits per heavy atom. The Bertz CT molecular complexity index is 1180. The number of anilines is 1. The van der Waals surface area contributed by atoms with Crippen molar-refractivity contribution in [2.45, 2.75) is 27.2 Å². The Labute approximate surface area is 167 Å². The molecule has 4 rings (SSSR count). The number of pyridine rings is 1. The molecule has 0 radical (unpaired) electrons. The third-order valence-corrected chi connectivity index (χ3v) is 4.63. The van der Waals surface area contributed by atoms with E-state index < -0.39 is 0 Å². The Balaban J connectivity index is 1.61. The standard InChI is InChI=1S/C21H20N6O2/c1-4-18-25-21(29-26-18)16-6-5-9-22-19(16)27-11-17(23-12-27)20(28)24-15-8-7-13(2)14(3)10-15/h5-12H,4H2,1-3H3,(H,24,28). The number of hydrogen-bond donors (Lipinski definition) is 1. The van der Waals surface area contributed by atoms with Gasteiger partial charge in [0.15, 0.2) is 11.6 Å². The molecule has 0 spiro atoms. The lowest BCUT2D eigenvalue weighted by atomic mass is 10.1. The number of imidazole rings is 1. The van der Waals surface area contributed by atoms with Crippen molar-refractivity contribution < 1.29 is 9.32 Å². The fourth-order valence-corrected chi connectivity index (χ4v) is 2.85. The van der Waals surface area contributed by atoms with Gasteiger partial charge in [0.1, 0.15) is 12.0 Å². The van der Waals surface area contributed by atoms with Crippen LogP contribution in [0.15, 0.2) is 53.6 Å². The van der Waals surface area contributed by atoms with Crippen molar-refractivity contribution in [3.8, 4) is 17.3 Å². The molecule has 0 atom stereocenters. The van der Waals surface area contributed by atoms with Gasteiger partial charge in [-0.15, -0.1) is 0 Å². The highest BCUT2D eigenvalue weighted by Crippen LogP contribution is 2.24. The minimum absolute atomic E-state index is 0.277. The Hall–Kier alpha value is -3.81. The fourth-order valence-electron chi connectivity index (χ4n) is 2.85. The molecule has 3 aromatic heterocycles. The summed E-state index contributed by atoms with van der Waals surface area (Å²) in [5.41, 5.74) is 3.95. The van der Waals surface area contributed by atoms with Crippen LogP contribution in [-0.2, 0) is 6.42 Å². The monoisotopic (exact) mass is 388 g/mol. The summed E-state index contributed by atoms with van der Waals surface area (Å²) in [6, 6.07) is 9.40. The van der Waals surface area contributed by atoms with Crippen LogP contribution in [0.3, 0.4) is 0 Å². The molecular weight excluding hydrogens is 368 g/mol. The number of aromatic nitrogens is 5. The van der Waals surface area contributed by atoms with Gasteiger partial charge in [-0.1, -0.05) is 18.1 Å². The second-order valence-corrected chi connectivity index (χ2v) is 6.66. The van der Waals surface area contributed by atoms with Gasteiger partial charge in [-0.3, -0.25) is 9.36 Å². The van der Waals surface area contributed by atoms with Crippen molar-refractivity contribution in [1.82, 2.24) is 24.7 Å². The normalized spacial score (nSPS) is 10.9. The topological polar surface area (TPSA) is 98.7 Å². The van der Waals surface area contributed by atoms with Crippen LogP contribution < -0.4 is 5.32 Å². The molecule has 0 aliphatic carbocycles. The molecule has 8 nitrogen and oxygen atoms in total. The van der Waals surface area contributed by atoms with Crippen LogP contribution in [0.25, 0.3) is 17.3 Å². The molecule has 0 bridgehead atoms. The summed E-state index contributed by atoms with van der Waals surface area (Å²) in [5, 5.41) is 6.81. The molecule has 146 valence electrons. The Kier molecular flexibility index (Phi) is 4.90. The van der Waals surface area contributed by atoms with Crippen LogP contribution >= 0.6 is 0 Å². The highest BCUT2D eigenvalue weighted by molar-refractivity contribution is 6.02. The van der Waals surface area contributed by atoms with Gasteiger partial charge in [-0.2, -0.15) is 4.98 Å². The zero-order valence-corrected chi connectivity index (χ0v) is 16.4. The third-order valence-electron chi connectivity index (χ3n) is 4.63. The lowest BCUT2D eigenvalue weighted by Gasteiger charge is -2.06. The molecule has 0 aliphatic heterocycles. The first-order chi connectivity index (χ1) is 14.0. The number of carbonyl (C=O) groups is 1. The van der Waals surface area contributed by atoms with Crippen molar-refractivity contribution in [3.05, 3.63) is 71.7 Å². The largest absolute Gasteiger partial charge is 0.334 e. The van der Waals surface area contributed by atoms with Crippen molar-refractivity contribution in [2.24, 2.45) is 0 Å². The summed E-state index contributed by atoms with van der Waals surface area (Å²) in [6.07, 6.45) is 5.50. The first kappa shape index (κ1) is 18.5. The lowest BCUT2D eigenvalue weighted by molar-refractivity contribution is 0.102. The summed E-state index contributed by atoms with van der Waals surface area (Å²) in [7, 11) is 0. The molecule has 0 aliphatic rings. The molecule has 0 unspecified atom stereocenters. The molecule has 3 heterocycles. The first-order valence-corrected chi connectivity index (χ1v) is 9.26. The summed E-state index contributed by atoms with van der Waals surface area (Å²) in [5.74, 6) is 1.25. The summed E-state index contributed by atoms with van der Waals surface area (Å²) in [6.45, 7) is 5.98. The van der Waals surface area contributed by atoms with Crippen LogP contribution in [0.2, 0.25) is 0 Å². The molecule has 0 saturated carbocycles. The van der Waals surface area contributed by atoms with Crippen LogP contribution in [0.4, 0.5) is 5.69 Å². The van der Waals surface area contributed by atoms with Crippen molar-refractivity contribution in [3.63, 3.8) is 0 Å². The molecule has 1 aromatic carbocycles. The number of nitrogens with one attached hydrogen (secondary N) is 1. The predicted octanol–water partition coefficient (Wildman–Crippen LogP) is 3.75. The van der Waals surface area contributed by atoms with Crippen LogP contribution in [0.1, 0.15) is 34.4 Å². The van der Waals surface area contributed by atoms with Gasteiger partial charge in [0.2, 0.25) is 0 Å². The number of rotatable bonds is 5. The molecular formula is C21H20N6O2. The maximum atomic E-state index is 12.6. The highest BCUT2D eigenvalue weighted by atomic mass is 16.5. The zero-order valence-electron chi connectivity index (χ0n) is 16.4. The van der Waals surface area contributed by atoms with E-state index in [0.29, 0.717) is 29.5 Å². The van der Waals surface area contributed by atoms with E-state index in [1.165, 1.54) is 11.9 Å². The predicted molar refractivity (Wildman–Crippen MR) is 108 cm³/mol. The van der Waals surface area contributed by atoms with E-state index in [2.05, 4.69) is 25.4 Å². The van der Waals surface area contributed by atoms with Gasteiger partial charge >= 0.3 is 0 Å².